The summed E-state index contributed by atoms with van der Waals surface area (Å²) in [5.41, 5.74) is 0.805. The molecular weight excluding hydrogens is 404 g/mol. The Labute approximate surface area is 178 Å². The quantitative estimate of drug-likeness (QED) is 0.717. The maximum atomic E-state index is 13.0. The van der Waals surface area contributed by atoms with Gasteiger partial charge in [0.05, 0.1) is 18.6 Å². The van der Waals surface area contributed by atoms with Crippen LogP contribution in [0.25, 0.3) is 0 Å². The highest BCUT2D eigenvalue weighted by molar-refractivity contribution is 7.89. The predicted molar refractivity (Wildman–Crippen MR) is 116 cm³/mol. The van der Waals surface area contributed by atoms with E-state index < -0.39 is 10.0 Å². The number of anilines is 1. The number of carbonyl (C=O) groups excluding carboxylic acids is 1. The van der Waals surface area contributed by atoms with E-state index in [1.807, 2.05) is 6.92 Å². The van der Waals surface area contributed by atoms with Crippen molar-refractivity contribution in [1.29, 1.82) is 0 Å². The normalized spacial score (nSPS) is 15.3. The monoisotopic (exact) mass is 432 g/mol. The average Bonchev–Trinajstić information content (AvgIpc) is 3.04. The minimum atomic E-state index is -3.59. The Hall–Kier alpha value is -2.58. The van der Waals surface area contributed by atoms with E-state index in [0.29, 0.717) is 42.4 Å². The van der Waals surface area contributed by atoms with Gasteiger partial charge in [-0.05, 0) is 56.2 Å². The molecule has 162 valence electrons. The van der Waals surface area contributed by atoms with Gasteiger partial charge in [-0.15, -0.1) is 0 Å². The van der Waals surface area contributed by atoms with Crippen LogP contribution in [0.1, 0.15) is 43.0 Å². The van der Waals surface area contributed by atoms with Gasteiger partial charge in [-0.2, -0.15) is 4.31 Å². The van der Waals surface area contributed by atoms with Crippen molar-refractivity contribution in [2.24, 2.45) is 0 Å². The Morgan fingerprint density at radius 2 is 1.77 bits per heavy atom. The minimum Gasteiger partial charge on any atom is -0.493 e. The maximum absolute atomic E-state index is 13.0. The van der Waals surface area contributed by atoms with E-state index >= 15 is 0 Å². The molecule has 1 fully saturated rings. The second kappa shape index (κ2) is 9.95. The molecule has 0 unspecified atom stereocenters. The molecule has 7 nitrogen and oxygen atoms in total. The predicted octanol–water partition coefficient (Wildman–Crippen LogP) is 3.91. The molecule has 0 saturated carbocycles. The molecular formula is C22H28N2O5S. The Morgan fingerprint density at radius 3 is 2.43 bits per heavy atom. The fraction of sp³-hybridized carbons (Fsp3) is 0.409. The van der Waals surface area contributed by atoms with Crippen LogP contribution in [0.15, 0.2) is 47.4 Å². The molecule has 0 spiro atoms. The summed E-state index contributed by atoms with van der Waals surface area (Å²) in [4.78, 5) is 12.9. The summed E-state index contributed by atoms with van der Waals surface area (Å²) in [7, 11) is -2.07. The highest BCUT2D eigenvalue weighted by atomic mass is 32.2. The van der Waals surface area contributed by atoms with E-state index in [4.69, 9.17) is 9.47 Å². The van der Waals surface area contributed by atoms with Crippen molar-refractivity contribution in [3.8, 4) is 11.5 Å². The summed E-state index contributed by atoms with van der Waals surface area (Å²) in [5.74, 6) is 0.657. The van der Waals surface area contributed by atoms with E-state index in [1.165, 1.54) is 17.5 Å². The zero-order valence-corrected chi connectivity index (χ0v) is 18.2. The van der Waals surface area contributed by atoms with Gasteiger partial charge in [-0.1, -0.05) is 18.9 Å². The number of methoxy groups -OCH3 is 1. The molecule has 1 saturated heterocycles. The number of nitrogens with one attached hydrogen (secondary N) is 1. The molecule has 8 heteroatoms. The fourth-order valence-corrected chi connectivity index (χ4v) is 5.02. The van der Waals surface area contributed by atoms with Crippen LogP contribution in [-0.2, 0) is 10.0 Å². The zero-order valence-electron chi connectivity index (χ0n) is 17.4. The Balaban J connectivity index is 1.78. The first-order chi connectivity index (χ1) is 14.5. The van der Waals surface area contributed by atoms with E-state index in [0.717, 1.165) is 25.7 Å². The van der Waals surface area contributed by atoms with Crippen LogP contribution in [-0.4, -0.2) is 45.4 Å². The Morgan fingerprint density at radius 1 is 1.03 bits per heavy atom. The maximum Gasteiger partial charge on any atom is 0.255 e. The standard InChI is InChI=1S/C22H28N2O5S/c1-3-29-20-12-11-17(15-21(20)28-2)22(25)23-18-9-8-10-19(16-18)30(26,27)24-13-6-4-5-7-14-24/h8-12,15-16H,3-7,13-14H2,1-2H3,(H,23,25). The van der Waals surface area contributed by atoms with Crippen LogP contribution in [0.5, 0.6) is 11.5 Å². The summed E-state index contributed by atoms with van der Waals surface area (Å²) < 4.78 is 38.3. The number of benzene rings is 2. The molecule has 3 rings (SSSR count). The number of hydrogen-bond acceptors (Lipinski definition) is 5. The van der Waals surface area contributed by atoms with Crippen molar-refractivity contribution < 1.29 is 22.7 Å². The van der Waals surface area contributed by atoms with Crippen LogP contribution < -0.4 is 14.8 Å². The van der Waals surface area contributed by atoms with Crippen LogP contribution >= 0.6 is 0 Å². The second-order valence-electron chi connectivity index (χ2n) is 7.10. The summed E-state index contributed by atoms with van der Waals surface area (Å²) in [5, 5.41) is 2.77. The number of hydrogen-bond donors (Lipinski definition) is 1. The Kier molecular flexibility index (Phi) is 7.33. The first kappa shape index (κ1) is 22.1. The third-order valence-corrected chi connectivity index (χ3v) is 6.92. The van der Waals surface area contributed by atoms with Gasteiger partial charge in [0.2, 0.25) is 10.0 Å². The van der Waals surface area contributed by atoms with Gasteiger partial charge in [0.25, 0.3) is 5.91 Å². The highest BCUT2D eigenvalue weighted by Gasteiger charge is 2.25. The van der Waals surface area contributed by atoms with Crippen LogP contribution in [0.2, 0.25) is 0 Å². The van der Waals surface area contributed by atoms with Gasteiger partial charge in [0.1, 0.15) is 0 Å². The smallest absolute Gasteiger partial charge is 0.255 e. The van der Waals surface area contributed by atoms with Crippen LogP contribution in [0.4, 0.5) is 5.69 Å². The van der Waals surface area contributed by atoms with E-state index in [1.54, 1.807) is 36.4 Å². The summed E-state index contributed by atoms with van der Waals surface area (Å²) in [6.07, 6.45) is 3.84. The number of amides is 1. The van der Waals surface area contributed by atoms with Crippen molar-refractivity contribution in [2.45, 2.75) is 37.5 Å². The summed E-state index contributed by atoms with van der Waals surface area (Å²) in [6.45, 7) is 3.42. The first-order valence-electron chi connectivity index (χ1n) is 10.2. The number of sulfonamides is 1. The summed E-state index contributed by atoms with van der Waals surface area (Å²) in [6, 6.07) is 11.3. The molecule has 0 aliphatic carbocycles. The summed E-state index contributed by atoms with van der Waals surface area (Å²) >= 11 is 0. The minimum absolute atomic E-state index is 0.187. The van der Waals surface area contributed by atoms with Gasteiger partial charge in [0, 0.05) is 24.3 Å². The molecule has 0 bridgehead atoms. The SMILES string of the molecule is CCOc1ccc(C(=O)Nc2cccc(S(=O)(=O)N3CCCCCC3)c2)cc1OC. The largest absolute Gasteiger partial charge is 0.493 e. The van der Waals surface area contributed by atoms with Crippen molar-refractivity contribution in [3.63, 3.8) is 0 Å². The van der Waals surface area contributed by atoms with Gasteiger partial charge < -0.3 is 14.8 Å². The number of ether oxygens (including phenoxy) is 2. The van der Waals surface area contributed by atoms with E-state index in [2.05, 4.69) is 5.32 Å². The molecule has 1 aliphatic heterocycles. The fourth-order valence-electron chi connectivity index (χ4n) is 3.45. The second-order valence-corrected chi connectivity index (χ2v) is 9.04. The van der Waals surface area contributed by atoms with Crippen molar-refractivity contribution in [3.05, 3.63) is 48.0 Å². The molecule has 1 amide bonds. The molecule has 1 aliphatic rings. The lowest BCUT2D eigenvalue weighted by molar-refractivity contribution is 0.102. The molecule has 0 atom stereocenters. The topological polar surface area (TPSA) is 84.9 Å². The van der Waals surface area contributed by atoms with Crippen LogP contribution in [0.3, 0.4) is 0 Å². The lowest BCUT2D eigenvalue weighted by Crippen LogP contribution is -2.32. The van der Waals surface area contributed by atoms with Crippen molar-refractivity contribution in [2.75, 3.05) is 32.1 Å². The lowest BCUT2D eigenvalue weighted by atomic mass is 10.2. The highest BCUT2D eigenvalue weighted by Crippen LogP contribution is 2.29. The van der Waals surface area contributed by atoms with Crippen molar-refractivity contribution >= 4 is 21.6 Å². The van der Waals surface area contributed by atoms with Crippen LogP contribution in [0, 0.1) is 0 Å². The van der Waals surface area contributed by atoms with Crippen molar-refractivity contribution in [1.82, 2.24) is 4.31 Å². The lowest BCUT2D eigenvalue weighted by Gasteiger charge is -2.20. The van der Waals surface area contributed by atoms with Gasteiger partial charge in [-0.25, -0.2) is 8.42 Å². The van der Waals surface area contributed by atoms with Gasteiger partial charge in [0.15, 0.2) is 11.5 Å². The number of rotatable bonds is 7. The third kappa shape index (κ3) is 5.12. The number of nitrogens with zero attached hydrogens (tertiary/aromatic N) is 1. The molecule has 30 heavy (non-hydrogen) atoms. The zero-order chi connectivity index (χ0) is 21.6. The van der Waals surface area contributed by atoms with E-state index in [9.17, 15) is 13.2 Å². The molecule has 1 N–H and O–H groups in total. The molecule has 0 aromatic heterocycles. The molecule has 2 aromatic rings. The first-order valence-corrected chi connectivity index (χ1v) is 11.6. The third-order valence-electron chi connectivity index (χ3n) is 5.02. The molecule has 0 radical (unpaired) electrons. The molecule has 1 heterocycles. The Bertz CT molecular complexity index is 983. The van der Waals surface area contributed by atoms with Gasteiger partial charge >= 0.3 is 0 Å². The van der Waals surface area contributed by atoms with Gasteiger partial charge in [-0.3, -0.25) is 4.79 Å². The van der Waals surface area contributed by atoms with E-state index in [-0.39, 0.29) is 10.8 Å². The average molecular weight is 433 g/mol. The number of carbonyl (C=O) groups is 1. The molecule has 2 aromatic carbocycles.